The molecule has 0 aromatic heterocycles. The summed E-state index contributed by atoms with van der Waals surface area (Å²) < 4.78 is 23.2. The van der Waals surface area contributed by atoms with E-state index >= 15 is 0 Å². The quantitative estimate of drug-likeness (QED) is 0.712. The third-order valence-corrected chi connectivity index (χ3v) is 5.37. The Morgan fingerprint density at radius 1 is 1.19 bits per heavy atom. The van der Waals surface area contributed by atoms with E-state index in [2.05, 4.69) is 5.32 Å². The molecule has 2 rings (SSSR count). The molecule has 0 aromatic carbocycles. The number of hydrogen-bond acceptors (Lipinski definition) is 3. The normalized spacial score (nSPS) is 32.7. The van der Waals surface area contributed by atoms with Crippen LogP contribution < -0.4 is 5.32 Å². The van der Waals surface area contributed by atoms with Crippen LogP contribution in [-0.4, -0.2) is 33.0 Å². The molecule has 1 aliphatic carbocycles. The van der Waals surface area contributed by atoms with E-state index in [0.717, 1.165) is 38.8 Å². The summed E-state index contributed by atoms with van der Waals surface area (Å²) in [5.41, 5.74) is 2.91. The van der Waals surface area contributed by atoms with E-state index in [1.165, 1.54) is 30.2 Å². The molecule has 1 aliphatic heterocycles. The first-order valence-electron chi connectivity index (χ1n) is 6.17. The molecule has 0 bridgehead atoms. The molecule has 3 nitrogen and oxygen atoms in total. The molecule has 0 amide bonds. The average molecular weight is 243 g/mol. The Kier molecular flexibility index (Phi) is 3.70. The second-order valence-electron chi connectivity index (χ2n) is 5.04. The lowest BCUT2D eigenvalue weighted by molar-refractivity contribution is 0.529. The molecule has 16 heavy (non-hydrogen) atoms. The lowest BCUT2D eigenvalue weighted by Crippen LogP contribution is -2.28. The molecule has 4 heteroatoms. The molecule has 2 aliphatic rings. The Balaban J connectivity index is 2.12. The van der Waals surface area contributed by atoms with Gasteiger partial charge in [-0.05, 0) is 45.1 Å². The zero-order valence-corrected chi connectivity index (χ0v) is 10.8. The molecule has 1 atom stereocenters. The standard InChI is InChI=1S/C12H21NO2S/c1-16(14,15)12-6-2-4-10(8-12)11-5-3-7-13-9-11/h12-13H,2-9H2,1H3. The van der Waals surface area contributed by atoms with Gasteiger partial charge in [0.05, 0.1) is 5.25 Å². The second kappa shape index (κ2) is 4.88. The molecule has 2 fully saturated rings. The van der Waals surface area contributed by atoms with Crippen LogP contribution in [0.2, 0.25) is 0 Å². The van der Waals surface area contributed by atoms with Crippen LogP contribution in [0.4, 0.5) is 0 Å². The lowest BCUT2D eigenvalue weighted by atomic mass is 9.88. The second-order valence-corrected chi connectivity index (χ2v) is 7.36. The van der Waals surface area contributed by atoms with E-state index in [1.54, 1.807) is 0 Å². The first-order chi connectivity index (χ1) is 7.57. The summed E-state index contributed by atoms with van der Waals surface area (Å²) >= 11 is 0. The van der Waals surface area contributed by atoms with Gasteiger partial charge in [-0.25, -0.2) is 8.42 Å². The fourth-order valence-corrected chi connectivity index (χ4v) is 3.86. The van der Waals surface area contributed by atoms with Gasteiger partial charge in [-0.3, -0.25) is 0 Å². The van der Waals surface area contributed by atoms with E-state index < -0.39 is 9.84 Å². The highest BCUT2D eigenvalue weighted by Crippen LogP contribution is 2.31. The van der Waals surface area contributed by atoms with E-state index in [1.807, 2.05) is 0 Å². The minimum Gasteiger partial charge on any atom is -0.313 e. The van der Waals surface area contributed by atoms with Crippen molar-refractivity contribution >= 4 is 9.84 Å². The van der Waals surface area contributed by atoms with Gasteiger partial charge in [-0.1, -0.05) is 11.1 Å². The highest BCUT2D eigenvalue weighted by Gasteiger charge is 2.27. The van der Waals surface area contributed by atoms with Crippen LogP contribution in [0.1, 0.15) is 38.5 Å². The summed E-state index contributed by atoms with van der Waals surface area (Å²) in [7, 11) is -2.85. The van der Waals surface area contributed by atoms with Gasteiger partial charge >= 0.3 is 0 Å². The lowest BCUT2D eigenvalue weighted by Gasteiger charge is -2.27. The molecule has 1 saturated heterocycles. The Morgan fingerprint density at radius 2 is 1.94 bits per heavy atom. The minimum absolute atomic E-state index is 0.120. The van der Waals surface area contributed by atoms with Gasteiger partial charge in [0.15, 0.2) is 9.84 Å². The van der Waals surface area contributed by atoms with Crippen molar-refractivity contribution in [1.82, 2.24) is 5.32 Å². The summed E-state index contributed by atoms with van der Waals surface area (Å²) in [5.74, 6) is 0. The average Bonchev–Trinajstić information content (AvgIpc) is 2.29. The third kappa shape index (κ3) is 2.86. The number of sulfone groups is 1. The maximum absolute atomic E-state index is 11.6. The number of piperidine rings is 1. The monoisotopic (exact) mass is 243 g/mol. The fraction of sp³-hybridized carbons (Fsp3) is 0.833. The molecule has 1 saturated carbocycles. The molecule has 92 valence electrons. The first-order valence-corrected chi connectivity index (χ1v) is 8.12. The largest absolute Gasteiger partial charge is 0.313 e. The number of allylic oxidation sites excluding steroid dienone is 1. The van der Waals surface area contributed by atoms with Gasteiger partial charge in [0.25, 0.3) is 0 Å². The minimum atomic E-state index is -2.85. The van der Waals surface area contributed by atoms with Gasteiger partial charge in [-0.2, -0.15) is 0 Å². The highest BCUT2D eigenvalue weighted by molar-refractivity contribution is 7.91. The van der Waals surface area contributed by atoms with Crippen molar-refractivity contribution in [3.63, 3.8) is 0 Å². The van der Waals surface area contributed by atoms with Gasteiger partial charge in [0.2, 0.25) is 0 Å². The summed E-state index contributed by atoms with van der Waals surface area (Å²) in [4.78, 5) is 0. The molecular formula is C12H21NO2S. The molecule has 1 unspecified atom stereocenters. The van der Waals surface area contributed by atoms with Crippen molar-refractivity contribution in [3.05, 3.63) is 11.1 Å². The Bertz CT molecular complexity index is 376. The summed E-state index contributed by atoms with van der Waals surface area (Å²) in [6, 6.07) is 0. The zero-order valence-electron chi connectivity index (χ0n) is 9.96. The summed E-state index contributed by atoms with van der Waals surface area (Å²) in [5, 5.41) is 3.26. The maximum Gasteiger partial charge on any atom is 0.150 e. The van der Waals surface area contributed by atoms with Crippen molar-refractivity contribution in [2.24, 2.45) is 0 Å². The molecule has 0 spiro atoms. The SMILES string of the molecule is CS(=O)(=O)C1CCCC(=C2CCCNC2)C1. The highest BCUT2D eigenvalue weighted by atomic mass is 32.2. The number of rotatable bonds is 1. The predicted molar refractivity (Wildman–Crippen MR) is 66.2 cm³/mol. The maximum atomic E-state index is 11.6. The fourth-order valence-electron chi connectivity index (χ4n) is 2.76. The predicted octanol–water partition coefficient (Wildman–Crippen LogP) is 1.65. The van der Waals surface area contributed by atoms with Crippen LogP contribution in [0.15, 0.2) is 11.1 Å². The van der Waals surface area contributed by atoms with E-state index in [-0.39, 0.29) is 5.25 Å². The topological polar surface area (TPSA) is 46.2 Å². The number of nitrogens with one attached hydrogen (secondary N) is 1. The first kappa shape index (κ1) is 12.1. The smallest absolute Gasteiger partial charge is 0.150 e. The number of hydrogen-bond donors (Lipinski definition) is 1. The van der Waals surface area contributed by atoms with Crippen LogP contribution in [0, 0.1) is 0 Å². The van der Waals surface area contributed by atoms with Gasteiger partial charge in [0.1, 0.15) is 0 Å². The molecule has 1 N–H and O–H groups in total. The van der Waals surface area contributed by atoms with Crippen molar-refractivity contribution in [3.8, 4) is 0 Å². The van der Waals surface area contributed by atoms with Gasteiger partial charge in [-0.15, -0.1) is 0 Å². The Hall–Kier alpha value is -0.350. The van der Waals surface area contributed by atoms with Crippen LogP contribution in [-0.2, 0) is 9.84 Å². The van der Waals surface area contributed by atoms with Crippen LogP contribution in [0.5, 0.6) is 0 Å². The van der Waals surface area contributed by atoms with Crippen molar-refractivity contribution in [1.29, 1.82) is 0 Å². The molecular weight excluding hydrogens is 222 g/mol. The molecule has 1 heterocycles. The Morgan fingerprint density at radius 3 is 2.56 bits per heavy atom. The Labute approximate surface area is 98.2 Å². The van der Waals surface area contributed by atoms with E-state index in [9.17, 15) is 8.42 Å². The van der Waals surface area contributed by atoms with Crippen LogP contribution in [0.3, 0.4) is 0 Å². The van der Waals surface area contributed by atoms with Crippen LogP contribution >= 0.6 is 0 Å². The zero-order chi connectivity index (χ0) is 11.6. The van der Waals surface area contributed by atoms with E-state index in [4.69, 9.17) is 0 Å². The third-order valence-electron chi connectivity index (χ3n) is 3.75. The van der Waals surface area contributed by atoms with Crippen molar-refractivity contribution in [2.75, 3.05) is 19.3 Å². The van der Waals surface area contributed by atoms with Crippen LogP contribution in [0.25, 0.3) is 0 Å². The van der Waals surface area contributed by atoms with Crippen molar-refractivity contribution < 1.29 is 8.42 Å². The molecule has 0 aromatic rings. The van der Waals surface area contributed by atoms with E-state index in [0.29, 0.717) is 0 Å². The van der Waals surface area contributed by atoms with Gasteiger partial charge < -0.3 is 5.32 Å². The molecule has 0 radical (unpaired) electrons. The van der Waals surface area contributed by atoms with Gasteiger partial charge in [0, 0.05) is 12.8 Å². The summed E-state index contributed by atoms with van der Waals surface area (Å²) in [6.07, 6.45) is 7.53. The van der Waals surface area contributed by atoms with Crippen molar-refractivity contribution in [2.45, 2.75) is 43.8 Å². The summed E-state index contributed by atoms with van der Waals surface area (Å²) in [6.45, 7) is 2.08.